The van der Waals surface area contributed by atoms with Crippen molar-refractivity contribution in [3.63, 3.8) is 0 Å². The first-order valence-corrected chi connectivity index (χ1v) is 13.3. The van der Waals surface area contributed by atoms with Gasteiger partial charge in [0.05, 0.1) is 11.4 Å². The Morgan fingerprint density at radius 2 is 1.56 bits per heavy atom. The largest absolute Gasteiger partial charge is 0.327 e. The highest BCUT2D eigenvalue weighted by atomic mass is 32.2. The van der Waals surface area contributed by atoms with Crippen LogP contribution in [0.1, 0.15) is 39.9 Å². The highest BCUT2D eigenvalue weighted by Gasteiger charge is 2.27. The zero-order valence-corrected chi connectivity index (χ0v) is 20.0. The molecule has 3 aromatic rings. The lowest BCUT2D eigenvalue weighted by Gasteiger charge is -2.26. The summed E-state index contributed by atoms with van der Waals surface area (Å²) in [6.07, 6.45) is 2.91. The van der Waals surface area contributed by atoms with Gasteiger partial charge >= 0.3 is 0 Å². The first-order chi connectivity index (χ1) is 16.5. The molecule has 1 atom stereocenters. The number of nitrogens with zero attached hydrogens (tertiary/aromatic N) is 1. The number of hydrogen-bond donors (Lipinski definition) is 2. The van der Waals surface area contributed by atoms with Crippen molar-refractivity contribution in [2.24, 2.45) is 0 Å². The normalized spacial score (nSPS) is 18.4. The van der Waals surface area contributed by atoms with Crippen LogP contribution in [0.4, 0.5) is 5.69 Å². The molecule has 0 saturated carbocycles. The molecule has 0 aliphatic carbocycles. The van der Waals surface area contributed by atoms with Crippen molar-refractivity contribution in [1.29, 1.82) is 0 Å². The van der Waals surface area contributed by atoms with E-state index in [1.807, 2.05) is 24.3 Å². The molecule has 0 radical (unpaired) electrons. The molecule has 34 heavy (non-hydrogen) atoms. The summed E-state index contributed by atoms with van der Waals surface area (Å²) in [7, 11) is -3.45. The van der Waals surface area contributed by atoms with E-state index >= 15 is 0 Å². The lowest BCUT2D eigenvalue weighted by Crippen LogP contribution is -3.10. The number of hydrogen-bond acceptors (Lipinski definition) is 3. The lowest BCUT2D eigenvalue weighted by atomic mass is 9.99. The van der Waals surface area contributed by atoms with Crippen LogP contribution in [0.2, 0.25) is 0 Å². The summed E-state index contributed by atoms with van der Waals surface area (Å²) in [5, 5.41) is 2.87. The number of rotatable bonds is 6. The van der Waals surface area contributed by atoms with Gasteiger partial charge in [-0.3, -0.25) is 4.79 Å². The van der Waals surface area contributed by atoms with E-state index in [4.69, 9.17) is 0 Å². The summed E-state index contributed by atoms with van der Waals surface area (Å²) in [5.41, 5.74) is 5.25. The second-order valence-corrected chi connectivity index (χ2v) is 11.1. The maximum atomic E-state index is 12.7. The molecule has 2 aliphatic rings. The van der Waals surface area contributed by atoms with Gasteiger partial charge in [-0.1, -0.05) is 36.4 Å². The monoisotopic (exact) mass is 476 g/mol. The van der Waals surface area contributed by atoms with Crippen LogP contribution < -0.4 is 10.2 Å². The molecule has 0 aromatic heterocycles. The Morgan fingerprint density at radius 3 is 2.26 bits per heavy atom. The second-order valence-electron chi connectivity index (χ2n) is 9.16. The number of carbonyl (C=O) groups is 1. The van der Waals surface area contributed by atoms with Gasteiger partial charge in [0, 0.05) is 41.9 Å². The summed E-state index contributed by atoms with van der Waals surface area (Å²) in [4.78, 5) is 14.5. The minimum Gasteiger partial charge on any atom is -0.327 e. The van der Waals surface area contributed by atoms with Gasteiger partial charge < -0.3 is 10.2 Å². The summed E-state index contributed by atoms with van der Waals surface area (Å²) < 4.78 is 26.8. The standard InChI is InChI=1S/C27H29N3O3S/c31-27(28-25-11-13-26(14-12-25)34(32,33)30-16-3-4-17-30)23-9-7-21(8-10-23)19-29-18-15-22-5-1-2-6-24(22)20-29/h1-2,5-14H,3-4,15-20H2,(H,28,31)/p+1. The third-order valence-electron chi connectivity index (χ3n) is 6.79. The number of carbonyl (C=O) groups excluding carboxylic acids is 1. The number of nitrogens with one attached hydrogen (secondary N) is 2. The van der Waals surface area contributed by atoms with Crippen LogP contribution in [-0.2, 0) is 29.5 Å². The number of anilines is 1. The van der Waals surface area contributed by atoms with Crippen molar-refractivity contribution < 1.29 is 18.1 Å². The van der Waals surface area contributed by atoms with Gasteiger partial charge in [-0.05, 0) is 54.8 Å². The number of amides is 1. The number of fused-ring (bicyclic) bond motifs is 1. The summed E-state index contributed by atoms with van der Waals surface area (Å²) in [6, 6.07) is 22.8. The fraction of sp³-hybridized carbons (Fsp3) is 0.296. The fourth-order valence-corrected chi connectivity index (χ4v) is 6.36. The van der Waals surface area contributed by atoms with Gasteiger partial charge in [-0.2, -0.15) is 4.31 Å². The summed E-state index contributed by atoms with van der Waals surface area (Å²) in [6.45, 7) is 4.22. The third kappa shape index (κ3) is 4.92. The summed E-state index contributed by atoms with van der Waals surface area (Å²) >= 11 is 0. The van der Waals surface area contributed by atoms with Gasteiger partial charge in [0.25, 0.3) is 5.91 Å². The predicted octanol–water partition coefficient (Wildman–Crippen LogP) is 2.86. The van der Waals surface area contributed by atoms with Crippen LogP contribution in [0, 0.1) is 0 Å². The van der Waals surface area contributed by atoms with Crippen LogP contribution in [0.15, 0.2) is 77.7 Å². The van der Waals surface area contributed by atoms with E-state index in [9.17, 15) is 13.2 Å². The Bertz CT molecular complexity index is 1270. The van der Waals surface area contributed by atoms with Crippen LogP contribution >= 0.6 is 0 Å². The Kier molecular flexibility index (Phi) is 6.50. The zero-order valence-electron chi connectivity index (χ0n) is 19.2. The number of sulfonamides is 1. The topological polar surface area (TPSA) is 70.9 Å². The molecule has 2 heterocycles. The van der Waals surface area contributed by atoms with Crippen molar-refractivity contribution >= 4 is 21.6 Å². The van der Waals surface area contributed by atoms with Crippen LogP contribution in [-0.4, -0.2) is 38.3 Å². The predicted molar refractivity (Wildman–Crippen MR) is 132 cm³/mol. The Morgan fingerprint density at radius 1 is 0.882 bits per heavy atom. The Labute approximate surface area is 201 Å². The molecule has 0 bridgehead atoms. The maximum Gasteiger partial charge on any atom is 0.255 e. The van der Waals surface area contributed by atoms with E-state index in [1.54, 1.807) is 24.3 Å². The molecular weight excluding hydrogens is 446 g/mol. The molecular formula is C27H30N3O3S+. The van der Waals surface area contributed by atoms with E-state index in [0.717, 1.165) is 38.9 Å². The van der Waals surface area contributed by atoms with Gasteiger partial charge in [-0.15, -0.1) is 0 Å². The molecule has 7 heteroatoms. The first kappa shape index (κ1) is 22.8. The molecule has 176 valence electrons. The van der Waals surface area contributed by atoms with Crippen molar-refractivity contribution in [2.75, 3.05) is 25.0 Å². The molecule has 6 nitrogen and oxygen atoms in total. The first-order valence-electron chi connectivity index (χ1n) is 11.9. The van der Waals surface area contributed by atoms with Crippen molar-refractivity contribution in [3.05, 3.63) is 95.1 Å². The van der Waals surface area contributed by atoms with E-state index in [-0.39, 0.29) is 10.8 Å². The Hall–Kier alpha value is -3.00. The number of quaternary nitrogens is 1. The molecule has 5 rings (SSSR count). The smallest absolute Gasteiger partial charge is 0.255 e. The minimum absolute atomic E-state index is 0.207. The number of benzene rings is 3. The fourth-order valence-electron chi connectivity index (χ4n) is 4.85. The van der Waals surface area contributed by atoms with Gasteiger partial charge in [0.15, 0.2) is 0 Å². The maximum absolute atomic E-state index is 12.7. The average molecular weight is 477 g/mol. The van der Waals surface area contributed by atoms with E-state index < -0.39 is 10.0 Å². The van der Waals surface area contributed by atoms with Gasteiger partial charge in [0.1, 0.15) is 13.1 Å². The molecule has 1 saturated heterocycles. The van der Waals surface area contributed by atoms with Crippen molar-refractivity contribution in [2.45, 2.75) is 37.2 Å². The quantitative estimate of drug-likeness (QED) is 0.575. The summed E-state index contributed by atoms with van der Waals surface area (Å²) in [5.74, 6) is -0.207. The van der Waals surface area contributed by atoms with Crippen LogP contribution in [0.25, 0.3) is 0 Å². The SMILES string of the molecule is O=C(Nc1ccc(S(=O)(=O)N2CCCC2)cc1)c1ccc(C[NH+]2CCc3ccccc3C2)cc1. The average Bonchev–Trinajstić information content (AvgIpc) is 3.41. The minimum atomic E-state index is -3.45. The highest BCUT2D eigenvalue weighted by Crippen LogP contribution is 2.22. The zero-order chi connectivity index (χ0) is 23.5. The van der Waals surface area contributed by atoms with E-state index in [1.165, 1.54) is 25.9 Å². The molecule has 2 N–H and O–H groups in total. The lowest BCUT2D eigenvalue weighted by molar-refractivity contribution is -0.929. The molecule has 3 aromatic carbocycles. The molecule has 1 unspecified atom stereocenters. The second kappa shape index (κ2) is 9.70. The molecule has 1 amide bonds. The van der Waals surface area contributed by atoms with E-state index in [2.05, 4.69) is 29.6 Å². The molecule has 0 spiro atoms. The molecule has 1 fully saturated rings. The molecule has 2 aliphatic heterocycles. The van der Waals surface area contributed by atoms with Crippen LogP contribution in [0.3, 0.4) is 0 Å². The van der Waals surface area contributed by atoms with E-state index in [0.29, 0.717) is 24.3 Å². The van der Waals surface area contributed by atoms with Gasteiger partial charge in [0.2, 0.25) is 10.0 Å². The third-order valence-corrected chi connectivity index (χ3v) is 8.70. The Balaban J connectivity index is 1.19. The van der Waals surface area contributed by atoms with Gasteiger partial charge in [-0.25, -0.2) is 8.42 Å². The van der Waals surface area contributed by atoms with Crippen molar-refractivity contribution in [3.8, 4) is 0 Å². The van der Waals surface area contributed by atoms with Crippen LogP contribution in [0.5, 0.6) is 0 Å². The van der Waals surface area contributed by atoms with Crippen molar-refractivity contribution in [1.82, 2.24) is 4.31 Å². The highest BCUT2D eigenvalue weighted by molar-refractivity contribution is 7.89.